The molecule has 1 amide bonds. The first kappa shape index (κ1) is 19.9. The molecule has 3 aromatic rings. The summed E-state index contributed by atoms with van der Waals surface area (Å²) in [5.41, 5.74) is 3.38. The highest BCUT2D eigenvalue weighted by atomic mass is 35.5. The van der Waals surface area contributed by atoms with Crippen LogP contribution in [-0.2, 0) is 0 Å². The fraction of sp³-hybridized carbons (Fsp3) is 0.273. The summed E-state index contributed by atoms with van der Waals surface area (Å²) in [7, 11) is 0. The molecule has 2 N–H and O–H groups in total. The van der Waals surface area contributed by atoms with Gasteiger partial charge in [-0.1, -0.05) is 37.1 Å². The van der Waals surface area contributed by atoms with Gasteiger partial charge in [-0.25, -0.2) is 0 Å². The van der Waals surface area contributed by atoms with Gasteiger partial charge >= 0.3 is 0 Å². The number of nitrogens with one attached hydrogen (secondary N) is 1. The average molecular weight is 428 g/mol. The number of halogens is 1. The molecular weight excluding hydrogens is 406 g/mol. The molecule has 0 saturated heterocycles. The Morgan fingerprint density at radius 1 is 1.24 bits per heavy atom. The summed E-state index contributed by atoms with van der Waals surface area (Å²) in [5, 5.41) is 18.2. The predicted octanol–water partition coefficient (Wildman–Crippen LogP) is 5.50. The molecule has 0 radical (unpaired) electrons. The molecular formula is C22H22ClN3O2S. The van der Waals surface area contributed by atoms with Crippen molar-refractivity contribution in [3.05, 3.63) is 64.3 Å². The molecule has 0 fully saturated rings. The first-order chi connectivity index (χ1) is 14.0. The zero-order chi connectivity index (χ0) is 20.5. The number of carbonyl (C=O) groups is 1. The Kier molecular flexibility index (Phi) is 5.56. The van der Waals surface area contributed by atoms with E-state index in [1.807, 2.05) is 11.2 Å². The minimum Gasteiger partial charge on any atom is -0.507 e. The Morgan fingerprint density at radius 3 is 2.69 bits per heavy atom. The summed E-state index contributed by atoms with van der Waals surface area (Å²) in [6.07, 6.45) is 3.95. The number of carbonyl (C=O) groups excluding carboxylic acids is 1. The van der Waals surface area contributed by atoms with Crippen LogP contribution in [0.3, 0.4) is 0 Å². The number of rotatable bonds is 6. The fourth-order valence-corrected chi connectivity index (χ4v) is 4.37. The molecule has 4 rings (SSSR count). The second-order valence-corrected chi connectivity index (χ2v) is 8.37. The van der Waals surface area contributed by atoms with E-state index in [1.165, 1.54) is 4.90 Å². The monoisotopic (exact) mass is 427 g/mol. The largest absolute Gasteiger partial charge is 0.507 e. The number of benzene rings is 2. The maximum Gasteiger partial charge on any atom is 0.273 e. The summed E-state index contributed by atoms with van der Waals surface area (Å²) < 4.78 is 0. The van der Waals surface area contributed by atoms with Gasteiger partial charge in [-0.2, -0.15) is 5.10 Å². The van der Waals surface area contributed by atoms with Gasteiger partial charge in [-0.05, 0) is 48.6 Å². The van der Waals surface area contributed by atoms with E-state index >= 15 is 0 Å². The number of aromatic amines is 1. The van der Waals surface area contributed by atoms with Crippen molar-refractivity contribution >= 4 is 29.3 Å². The molecule has 0 spiro atoms. The number of thioether (sulfide) groups is 1. The van der Waals surface area contributed by atoms with Crippen molar-refractivity contribution in [3.63, 3.8) is 0 Å². The zero-order valence-electron chi connectivity index (χ0n) is 16.3. The third-order valence-corrected chi connectivity index (χ3v) is 6.24. The molecule has 2 aromatic carbocycles. The van der Waals surface area contributed by atoms with Crippen molar-refractivity contribution in [1.29, 1.82) is 0 Å². The molecule has 1 aliphatic rings. The Morgan fingerprint density at radius 2 is 2.00 bits per heavy atom. The first-order valence-electron chi connectivity index (χ1n) is 9.57. The lowest BCUT2D eigenvalue weighted by atomic mass is 9.95. The number of aromatic hydroxyl groups is 1. The van der Waals surface area contributed by atoms with E-state index in [9.17, 15) is 9.90 Å². The lowest BCUT2D eigenvalue weighted by molar-refractivity contribution is 0.0741. The number of hydrogen-bond acceptors (Lipinski definition) is 4. The van der Waals surface area contributed by atoms with Crippen LogP contribution in [0.25, 0.3) is 11.3 Å². The maximum absolute atomic E-state index is 13.2. The van der Waals surface area contributed by atoms with Crippen LogP contribution < -0.4 is 0 Å². The minimum absolute atomic E-state index is 0.0624. The van der Waals surface area contributed by atoms with Crippen LogP contribution in [0.1, 0.15) is 47.4 Å². The Balaban J connectivity index is 1.87. The molecule has 150 valence electrons. The number of fused-ring (bicyclic) bond motifs is 1. The van der Waals surface area contributed by atoms with E-state index in [-0.39, 0.29) is 17.7 Å². The van der Waals surface area contributed by atoms with Crippen molar-refractivity contribution in [1.82, 2.24) is 15.1 Å². The summed E-state index contributed by atoms with van der Waals surface area (Å²) in [4.78, 5) is 16.2. The number of unbranched alkanes of at least 4 members (excludes halogenated alkanes) is 1. The van der Waals surface area contributed by atoms with E-state index in [2.05, 4.69) is 41.4 Å². The SMILES string of the molecule is CCCCN1C(=O)c2[nH]nc(-c3cc(Cl)ccc3O)c2C1c1ccc(SC)cc1. The van der Waals surface area contributed by atoms with Crippen LogP contribution in [0.2, 0.25) is 5.02 Å². The molecule has 0 bridgehead atoms. The normalized spacial score (nSPS) is 15.8. The molecule has 1 atom stereocenters. The molecule has 0 aliphatic carbocycles. The van der Waals surface area contributed by atoms with Crippen molar-refractivity contribution in [3.8, 4) is 17.0 Å². The number of amides is 1. The molecule has 1 aliphatic heterocycles. The van der Waals surface area contributed by atoms with Gasteiger partial charge in [0.15, 0.2) is 0 Å². The van der Waals surface area contributed by atoms with Crippen LogP contribution in [0.15, 0.2) is 47.4 Å². The Labute approximate surface area is 179 Å². The lowest BCUT2D eigenvalue weighted by Crippen LogP contribution is -2.30. The molecule has 5 nitrogen and oxygen atoms in total. The van der Waals surface area contributed by atoms with Crippen molar-refractivity contribution in [2.45, 2.75) is 30.7 Å². The summed E-state index contributed by atoms with van der Waals surface area (Å²) >= 11 is 7.85. The number of phenolic OH excluding ortho intramolecular Hbond substituents is 1. The highest BCUT2D eigenvalue weighted by molar-refractivity contribution is 7.98. The van der Waals surface area contributed by atoms with Crippen LogP contribution in [0.5, 0.6) is 5.75 Å². The number of hydrogen-bond donors (Lipinski definition) is 2. The third kappa shape index (κ3) is 3.51. The van der Waals surface area contributed by atoms with Crippen LogP contribution in [0, 0.1) is 0 Å². The quantitative estimate of drug-likeness (QED) is 0.509. The van der Waals surface area contributed by atoms with Crippen molar-refractivity contribution in [2.24, 2.45) is 0 Å². The number of H-pyrrole nitrogens is 1. The lowest BCUT2D eigenvalue weighted by Gasteiger charge is -2.26. The molecule has 0 saturated carbocycles. The fourth-order valence-electron chi connectivity index (χ4n) is 3.79. The Bertz CT molecular complexity index is 1050. The topological polar surface area (TPSA) is 69.2 Å². The number of phenols is 1. The van der Waals surface area contributed by atoms with Gasteiger partial charge in [0.05, 0.1) is 6.04 Å². The van der Waals surface area contributed by atoms with Gasteiger partial charge < -0.3 is 10.0 Å². The first-order valence-corrected chi connectivity index (χ1v) is 11.2. The van der Waals surface area contributed by atoms with E-state index < -0.39 is 0 Å². The molecule has 29 heavy (non-hydrogen) atoms. The predicted molar refractivity (Wildman–Crippen MR) is 117 cm³/mol. The molecule has 1 unspecified atom stereocenters. The van der Waals surface area contributed by atoms with Gasteiger partial charge in [0.2, 0.25) is 0 Å². The number of aromatic nitrogens is 2. The second kappa shape index (κ2) is 8.13. The van der Waals surface area contributed by atoms with Crippen LogP contribution in [-0.4, -0.2) is 38.9 Å². The smallest absolute Gasteiger partial charge is 0.273 e. The summed E-state index contributed by atoms with van der Waals surface area (Å²) in [5.74, 6) is 0.0206. The standard InChI is InChI=1S/C22H22ClN3O2S/c1-3-4-11-26-21(13-5-8-15(29-2)9-6-13)18-19(24-25-20(18)22(26)28)16-12-14(23)7-10-17(16)27/h5-10,12,21,27H,3-4,11H2,1-2H3,(H,24,25). The molecule has 1 aromatic heterocycles. The highest BCUT2D eigenvalue weighted by Crippen LogP contribution is 2.45. The second-order valence-electron chi connectivity index (χ2n) is 7.05. The van der Waals surface area contributed by atoms with E-state index in [4.69, 9.17) is 11.6 Å². The van der Waals surface area contributed by atoms with Crippen molar-refractivity contribution < 1.29 is 9.90 Å². The molecule has 7 heteroatoms. The summed E-state index contributed by atoms with van der Waals surface area (Å²) in [6.45, 7) is 2.77. The summed E-state index contributed by atoms with van der Waals surface area (Å²) in [6, 6.07) is 12.9. The van der Waals surface area contributed by atoms with Gasteiger partial charge in [0.1, 0.15) is 17.1 Å². The van der Waals surface area contributed by atoms with Crippen LogP contribution >= 0.6 is 23.4 Å². The highest BCUT2D eigenvalue weighted by Gasteiger charge is 2.42. The zero-order valence-corrected chi connectivity index (χ0v) is 17.8. The van der Waals surface area contributed by atoms with Gasteiger partial charge in [0, 0.05) is 27.6 Å². The third-order valence-electron chi connectivity index (χ3n) is 5.26. The van der Waals surface area contributed by atoms with E-state index in [1.54, 1.807) is 30.0 Å². The number of nitrogens with zero attached hydrogens (tertiary/aromatic N) is 2. The van der Waals surface area contributed by atoms with Gasteiger partial charge in [-0.15, -0.1) is 11.8 Å². The van der Waals surface area contributed by atoms with E-state index in [0.29, 0.717) is 28.5 Å². The maximum atomic E-state index is 13.2. The molecule has 2 heterocycles. The average Bonchev–Trinajstić information content (AvgIpc) is 3.27. The Hall–Kier alpha value is -2.44. The van der Waals surface area contributed by atoms with Crippen molar-refractivity contribution in [2.75, 3.05) is 12.8 Å². The van der Waals surface area contributed by atoms with E-state index in [0.717, 1.165) is 24.0 Å². The van der Waals surface area contributed by atoms with Gasteiger partial charge in [-0.3, -0.25) is 9.89 Å². The van der Waals surface area contributed by atoms with Crippen LogP contribution in [0.4, 0.5) is 0 Å². The van der Waals surface area contributed by atoms with Gasteiger partial charge in [0.25, 0.3) is 5.91 Å². The minimum atomic E-state index is -0.257.